The first-order valence-corrected chi connectivity index (χ1v) is 9.67. The molecule has 3 nitrogen and oxygen atoms in total. The van der Waals surface area contributed by atoms with E-state index in [-0.39, 0.29) is 5.91 Å². The highest BCUT2D eigenvalue weighted by Gasteiger charge is 2.26. The molecule has 0 atom stereocenters. The Kier molecular flexibility index (Phi) is 4.87. The van der Waals surface area contributed by atoms with Crippen molar-refractivity contribution >= 4 is 51.6 Å². The van der Waals surface area contributed by atoms with Gasteiger partial charge in [0.1, 0.15) is 0 Å². The Bertz CT molecular complexity index is 974. The smallest absolute Gasteiger partial charge is 0.255 e. The lowest BCUT2D eigenvalue weighted by Gasteiger charge is -2.32. The molecule has 0 aliphatic carbocycles. The molecule has 0 bridgehead atoms. The fourth-order valence-electron chi connectivity index (χ4n) is 3.57. The number of carbonyl (C=O) groups is 1. The third-order valence-corrected chi connectivity index (χ3v) is 5.77. The number of rotatable bonds is 2. The molecule has 1 aliphatic rings. The van der Waals surface area contributed by atoms with E-state index in [4.69, 9.17) is 34.8 Å². The number of nitrogens with one attached hydrogen (secondary N) is 1. The summed E-state index contributed by atoms with van der Waals surface area (Å²) in [4.78, 5) is 18.1. The summed E-state index contributed by atoms with van der Waals surface area (Å²) in [7, 11) is 0. The molecular weight excluding hydrogens is 391 g/mol. The van der Waals surface area contributed by atoms with Crippen LogP contribution in [0.2, 0.25) is 15.1 Å². The molecule has 4 rings (SSSR count). The summed E-state index contributed by atoms with van der Waals surface area (Å²) < 4.78 is 0. The lowest BCUT2D eigenvalue weighted by Crippen LogP contribution is -2.38. The summed E-state index contributed by atoms with van der Waals surface area (Å²) in [5.41, 5.74) is 2.81. The second-order valence-corrected chi connectivity index (χ2v) is 7.93. The summed E-state index contributed by atoms with van der Waals surface area (Å²) in [6.45, 7) is 1.41. The van der Waals surface area contributed by atoms with Gasteiger partial charge in [0.15, 0.2) is 0 Å². The van der Waals surface area contributed by atoms with Crippen molar-refractivity contribution in [3.8, 4) is 0 Å². The Morgan fingerprint density at radius 1 is 0.962 bits per heavy atom. The Labute approximate surface area is 166 Å². The van der Waals surface area contributed by atoms with Gasteiger partial charge in [-0.25, -0.2) is 0 Å². The van der Waals surface area contributed by atoms with E-state index in [1.807, 2.05) is 23.1 Å². The van der Waals surface area contributed by atoms with E-state index in [0.717, 1.165) is 28.8 Å². The highest BCUT2D eigenvalue weighted by atomic mass is 35.5. The van der Waals surface area contributed by atoms with Gasteiger partial charge in [-0.2, -0.15) is 0 Å². The molecule has 6 heteroatoms. The molecular formula is C20H17Cl3N2O. The van der Waals surface area contributed by atoms with Crippen molar-refractivity contribution < 1.29 is 4.79 Å². The van der Waals surface area contributed by atoms with E-state index < -0.39 is 0 Å². The van der Waals surface area contributed by atoms with E-state index in [2.05, 4.69) is 11.1 Å². The molecule has 26 heavy (non-hydrogen) atoms. The van der Waals surface area contributed by atoms with Gasteiger partial charge in [-0.1, -0.05) is 34.8 Å². The zero-order valence-corrected chi connectivity index (χ0v) is 16.2. The van der Waals surface area contributed by atoms with Gasteiger partial charge in [0, 0.05) is 45.6 Å². The van der Waals surface area contributed by atoms with Crippen molar-refractivity contribution in [2.24, 2.45) is 0 Å². The minimum absolute atomic E-state index is 0.0338. The second-order valence-electron chi connectivity index (χ2n) is 6.65. The first-order chi connectivity index (χ1) is 12.5. The minimum atomic E-state index is -0.0338. The molecule has 0 saturated carbocycles. The molecule has 0 unspecified atom stereocenters. The Balaban J connectivity index is 1.47. The monoisotopic (exact) mass is 406 g/mol. The number of likely N-dealkylation sites (tertiary alicyclic amines) is 1. The summed E-state index contributed by atoms with van der Waals surface area (Å²) in [5.74, 6) is 0.375. The minimum Gasteiger partial charge on any atom is -0.358 e. The van der Waals surface area contributed by atoms with Gasteiger partial charge in [0.25, 0.3) is 5.91 Å². The van der Waals surface area contributed by atoms with Crippen LogP contribution in [0.15, 0.2) is 42.5 Å². The zero-order chi connectivity index (χ0) is 18.3. The van der Waals surface area contributed by atoms with Crippen LogP contribution in [-0.2, 0) is 0 Å². The van der Waals surface area contributed by atoms with Crippen molar-refractivity contribution in [1.29, 1.82) is 0 Å². The molecule has 1 saturated heterocycles. The van der Waals surface area contributed by atoms with Gasteiger partial charge in [-0.05, 0) is 55.3 Å². The highest BCUT2D eigenvalue weighted by molar-refractivity contribution is 6.36. The highest BCUT2D eigenvalue weighted by Crippen LogP contribution is 2.32. The van der Waals surface area contributed by atoms with Crippen LogP contribution in [0.3, 0.4) is 0 Å². The van der Waals surface area contributed by atoms with Gasteiger partial charge < -0.3 is 9.88 Å². The van der Waals surface area contributed by atoms with Gasteiger partial charge in [-0.3, -0.25) is 4.79 Å². The Morgan fingerprint density at radius 2 is 1.65 bits per heavy atom. The summed E-state index contributed by atoms with van der Waals surface area (Å²) >= 11 is 18.2. The predicted molar refractivity (Wildman–Crippen MR) is 108 cm³/mol. The molecule has 1 aliphatic heterocycles. The molecule has 2 aromatic carbocycles. The molecule has 1 N–H and O–H groups in total. The van der Waals surface area contributed by atoms with Crippen LogP contribution < -0.4 is 0 Å². The fraction of sp³-hybridized carbons (Fsp3) is 0.250. The number of H-pyrrole nitrogens is 1. The molecule has 2 heterocycles. The predicted octanol–water partition coefficient (Wildman–Crippen LogP) is 6.15. The number of hydrogen-bond donors (Lipinski definition) is 1. The van der Waals surface area contributed by atoms with Crippen molar-refractivity contribution in [2.75, 3.05) is 13.1 Å². The van der Waals surface area contributed by atoms with E-state index in [1.165, 1.54) is 5.69 Å². The number of hydrogen-bond acceptors (Lipinski definition) is 1. The van der Waals surface area contributed by atoms with Crippen LogP contribution in [0.1, 0.15) is 34.8 Å². The van der Waals surface area contributed by atoms with Crippen molar-refractivity contribution in [3.05, 3.63) is 68.8 Å². The van der Waals surface area contributed by atoms with Crippen LogP contribution in [-0.4, -0.2) is 28.9 Å². The number of carbonyl (C=O) groups excluding carboxylic acids is 1. The molecule has 1 aromatic heterocycles. The quantitative estimate of drug-likeness (QED) is 0.543. The molecule has 0 spiro atoms. The lowest BCUT2D eigenvalue weighted by atomic mass is 9.93. The lowest BCUT2D eigenvalue weighted by molar-refractivity contribution is 0.0712. The normalized spacial score (nSPS) is 15.6. The Morgan fingerprint density at radius 3 is 2.38 bits per heavy atom. The molecule has 1 amide bonds. The number of nitrogens with zero attached hydrogens (tertiary/aromatic N) is 1. The van der Waals surface area contributed by atoms with Gasteiger partial charge in [0.2, 0.25) is 0 Å². The fourth-order valence-corrected chi connectivity index (χ4v) is 4.24. The standard InChI is InChI=1S/C20H17Cl3N2O/c21-14-2-4-18-13(9-14)10-19(24-18)12-5-7-25(8-6-12)20(26)16-3-1-15(22)11-17(16)23/h1-4,9-12,24H,5-8H2. The van der Waals surface area contributed by atoms with Crippen molar-refractivity contribution in [2.45, 2.75) is 18.8 Å². The van der Waals surface area contributed by atoms with Crippen LogP contribution in [0, 0.1) is 0 Å². The number of halogens is 3. The average molecular weight is 408 g/mol. The number of benzene rings is 2. The third kappa shape index (κ3) is 3.44. The number of amides is 1. The molecule has 1 fully saturated rings. The van der Waals surface area contributed by atoms with E-state index in [9.17, 15) is 4.79 Å². The third-order valence-electron chi connectivity index (χ3n) is 4.99. The molecule has 3 aromatic rings. The largest absolute Gasteiger partial charge is 0.358 e. The van der Waals surface area contributed by atoms with Crippen LogP contribution in [0.4, 0.5) is 0 Å². The first-order valence-electron chi connectivity index (χ1n) is 8.54. The van der Waals surface area contributed by atoms with Crippen molar-refractivity contribution in [3.63, 3.8) is 0 Å². The van der Waals surface area contributed by atoms with Crippen LogP contribution in [0.5, 0.6) is 0 Å². The number of fused-ring (bicyclic) bond motifs is 1. The maximum absolute atomic E-state index is 12.7. The summed E-state index contributed by atoms with van der Waals surface area (Å²) in [5, 5.41) is 2.79. The summed E-state index contributed by atoms with van der Waals surface area (Å²) in [6, 6.07) is 13.0. The SMILES string of the molecule is O=C(c1ccc(Cl)cc1Cl)N1CCC(c2cc3cc(Cl)ccc3[nH]2)CC1. The molecule has 0 radical (unpaired) electrons. The van der Waals surface area contributed by atoms with E-state index >= 15 is 0 Å². The van der Waals surface area contributed by atoms with Crippen LogP contribution >= 0.6 is 34.8 Å². The summed E-state index contributed by atoms with van der Waals surface area (Å²) in [6.07, 6.45) is 1.83. The maximum Gasteiger partial charge on any atom is 0.255 e. The van der Waals surface area contributed by atoms with Crippen molar-refractivity contribution in [1.82, 2.24) is 9.88 Å². The topological polar surface area (TPSA) is 36.1 Å². The first kappa shape index (κ1) is 17.7. The van der Waals surface area contributed by atoms with Gasteiger partial charge in [0.05, 0.1) is 10.6 Å². The van der Waals surface area contributed by atoms with Gasteiger partial charge in [-0.15, -0.1) is 0 Å². The number of aromatic amines is 1. The zero-order valence-electron chi connectivity index (χ0n) is 13.9. The van der Waals surface area contributed by atoms with E-state index in [0.29, 0.717) is 34.6 Å². The Hall–Kier alpha value is -1.68. The average Bonchev–Trinajstić information content (AvgIpc) is 3.04. The number of piperidine rings is 1. The van der Waals surface area contributed by atoms with Gasteiger partial charge >= 0.3 is 0 Å². The molecule has 134 valence electrons. The van der Waals surface area contributed by atoms with Crippen LogP contribution in [0.25, 0.3) is 10.9 Å². The number of aromatic nitrogens is 1. The second kappa shape index (κ2) is 7.15. The van der Waals surface area contributed by atoms with E-state index in [1.54, 1.807) is 18.2 Å². The maximum atomic E-state index is 12.7.